The fourth-order valence-corrected chi connectivity index (χ4v) is 5.97. The molecule has 0 saturated heterocycles. The molecule has 0 atom stereocenters. The van der Waals surface area contributed by atoms with Gasteiger partial charge in [-0.05, 0) is 57.6 Å². The zero-order valence-electron chi connectivity index (χ0n) is 19.4. The van der Waals surface area contributed by atoms with E-state index in [-0.39, 0.29) is 5.41 Å². The summed E-state index contributed by atoms with van der Waals surface area (Å²) in [4.78, 5) is 0. The van der Waals surface area contributed by atoms with E-state index in [2.05, 4.69) is 134 Å². The Morgan fingerprint density at radius 2 is 1.21 bits per heavy atom. The average Bonchev–Trinajstić information content (AvgIpc) is 3.23. The van der Waals surface area contributed by atoms with E-state index in [1.165, 1.54) is 60.9 Å². The van der Waals surface area contributed by atoms with Gasteiger partial charge in [-0.1, -0.05) is 105 Å². The maximum atomic E-state index is 2.44. The van der Waals surface area contributed by atoms with Gasteiger partial charge in [0.15, 0.2) is 0 Å². The highest BCUT2D eigenvalue weighted by Gasteiger charge is 2.33. The van der Waals surface area contributed by atoms with Crippen molar-refractivity contribution in [1.29, 1.82) is 0 Å². The van der Waals surface area contributed by atoms with Crippen LogP contribution in [0.2, 0.25) is 0 Å². The molecule has 6 aromatic rings. The van der Waals surface area contributed by atoms with Crippen molar-refractivity contribution in [3.63, 3.8) is 0 Å². The number of nitrogens with zero attached hydrogens (tertiary/aromatic N) is 1. The molecule has 0 spiro atoms. The molecule has 162 valence electrons. The Labute approximate surface area is 199 Å². The maximum absolute atomic E-state index is 2.44. The largest absolute Gasteiger partial charge is 0.309 e. The van der Waals surface area contributed by atoms with Crippen LogP contribution in [-0.4, -0.2) is 4.57 Å². The van der Waals surface area contributed by atoms with E-state index in [4.69, 9.17) is 0 Å². The highest BCUT2D eigenvalue weighted by molar-refractivity contribution is 6.19. The van der Waals surface area contributed by atoms with E-state index < -0.39 is 0 Å². The molecule has 0 radical (unpaired) electrons. The molecule has 2 bridgehead atoms. The summed E-state index contributed by atoms with van der Waals surface area (Å²) in [5.74, 6) is 0. The zero-order chi connectivity index (χ0) is 22.9. The van der Waals surface area contributed by atoms with Crippen LogP contribution in [0.15, 0.2) is 115 Å². The number of hydrogen-bond donors (Lipinski definition) is 0. The van der Waals surface area contributed by atoms with Crippen molar-refractivity contribution < 1.29 is 0 Å². The predicted molar refractivity (Wildman–Crippen MR) is 144 cm³/mol. The number of aromatic nitrogens is 1. The minimum Gasteiger partial charge on any atom is -0.309 e. The minimum absolute atomic E-state index is 0.163. The van der Waals surface area contributed by atoms with Crippen molar-refractivity contribution in [3.05, 3.63) is 126 Å². The molecule has 0 amide bonds. The molecule has 0 saturated carbocycles. The van der Waals surface area contributed by atoms with E-state index in [0.717, 1.165) is 0 Å². The summed E-state index contributed by atoms with van der Waals surface area (Å²) in [6, 6.07) is 42.2. The van der Waals surface area contributed by atoms with Gasteiger partial charge in [0.05, 0.1) is 11.0 Å². The van der Waals surface area contributed by atoms with Gasteiger partial charge in [-0.25, -0.2) is 0 Å². The minimum atomic E-state index is -0.163. The second kappa shape index (κ2) is 6.95. The molecule has 0 unspecified atom stereocenters. The lowest BCUT2D eigenvalue weighted by atomic mass is 9.71. The fraction of sp³-hybridized carbons (Fsp3) is 0.0909. The summed E-state index contributed by atoms with van der Waals surface area (Å²) >= 11 is 0. The van der Waals surface area contributed by atoms with Gasteiger partial charge in [0.25, 0.3) is 0 Å². The van der Waals surface area contributed by atoms with Crippen molar-refractivity contribution in [2.24, 2.45) is 0 Å². The number of hydrogen-bond acceptors (Lipinski definition) is 0. The molecular weight excluding hydrogens is 410 g/mol. The molecule has 34 heavy (non-hydrogen) atoms. The lowest BCUT2D eigenvalue weighted by Crippen LogP contribution is -2.21. The summed E-state index contributed by atoms with van der Waals surface area (Å²) in [6.45, 7) is 4.76. The van der Waals surface area contributed by atoms with Crippen LogP contribution in [0.1, 0.15) is 25.0 Å². The maximum Gasteiger partial charge on any atom is 0.0547 e. The van der Waals surface area contributed by atoms with Crippen LogP contribution in [0.25, 0.3) is 49.7 Å². The third-order valence-corrected chi connectivity index (χ3v) is 7.58. The van der Waals surface area contributed by atoms with Crippen LogP contribution in [0.5, 0.6) is 0 Å². The molecule has 0 fully saturated rings. The quantitative estimate of drug-likeness (QED) is 0.256. The molecule has 0 N–H and O–H groups in total. The summed E-state index contributed by atoms with van der Waals surface area (Å²) in [6.07, 6.45) is 0. The Bertz CT molecular complexity index is 1700. The Balaban J connectivity index is 1.77. The van der Waals surface area contributed by atoms with Crippen LogP contribution >= 0.6 is 0 Å². The highest BCUT2D eigenvalue weighted by Crippen LogP contribution is 2.50. The summed E-state index contributed by atoms with van der Waals surface area (Å²) < 4.78 is 2.44. The zero-order valence-corrected chi connectivity index (χ0v) is 19.4. The van der Waals surface area contributed by atoms with E-state index in [0.29, 0.717) is 0 Å². The molecule has 5 aromatic carbocycles. The Kier molecular flexibility index (Phi) is 3.96. The first-order valence-electron chi connectivity index (χ1n) is 12.0. The molecule has 1 heterocycles. The molecule has 1 nitrogen and oxygen atoms in total. The first kappa shape index (κ1) is 19.4. The Morgan fingerprint density at radius 1 is 0.529 bits per heavy atom. The standard InChI is InChI=1S/C33H25N/c1-33(2)24-14-9-13-23(21-24)26-17-10-18-28-30(26)31-29(34(28)25-15-7-4-8-16-25)20-19-27(32(31)33)22-11-5-3-6-12-22/h3-21H,1-2H3. The van der Waals surface area contributed by atoms with Gasteiger partial charge < -0.3 is 4.57 Å². The lowest BCUT2D eigenvalue weighted by molar-refractivity contribution is 0.649. The van der Waals surface area contributed by atoms with Gasteiger partial charge in [-0.3, -0.25) is 0 Å². The van der Waals surface area contributed by atoms with Crippen molar-refractivity contribution in [3.8, 4) is 27.9 Å². The highest BCUT2D eigenvalue weighted by atomic mass is 15.0. The molecule has 1 aromatic heterocycles. The third kappa shape index (κ3) is 2.55. The molecule has 1 aliphatic rings. The summed E-state index contributed by atoms with van der Waals surface area (Å²) in [7, 11) is 0. The van der Waals surface area contributed by atoms with Crippen molar-refractivity contribution >= 4 is 21.8 Å². The van der Waals surface area contributed by atoms with Gasteiger partial charge in [-0.15, -0.1) is 0 Å². The summed E-state index contributed by atoms with van der Waals surface area (Å²) in [5.41, 5.74) is 11.5. The fourth-order valence-electron chi connectivity index (χ4n) is 5.97. The third-order valence-electron chi connectivity index (χ3n) is 7.58. The Hall–Kier alpha value is -4.10. The van der Waals surface area contributed by atoms with Crippen LogP contribution in [0.4, 0.5) is 0 Å². The van der Waals surface area contributed by atoms with Crippen molar-refractivity contribution in [2.75, 3.05) is 0 Å². The number of fused-ring (bicyclic) bond motifs is 3. The molecule has 1 heteroatoms. The second-order valence-corrected chi connectivity index (χ2v) is 9.82. The Morgan fingerprint density at radius 3 is 2.00 bits per heavy atom. The predicted octanol–water partition coefficient (Wildman–Crippen LogP) is 8.76. The number of benzene rings is 5. The van der Waals surface area contributed by atoms with Gasteiger partial charge >= 0.3 is 0 Å². The molecule has 1 aliphatic carbocycles. The van der Waals surface area contributed by atoms with Crippen molar-refractivity contribution in [2.45, 2.75) is 19.3 Å². The van der Waals surface area contributed by atoms with Crippen LogP contribution in [0, 0.1) is 0 Å². The van der Waals surface area contributed by atoms with Crippen molar-refractivity contribution in [1.82, 2.24) is 4.57 Å². The van der Waals surface area contributed by atoms with E-state index in [9.17, 15) is 0 Å². The smallest absolute Gasteiger partial charge is 0.0547 e. The lowest BCUT2D eigenvalue weighted by Gasteiger charge is -2.32. The first-order chi connectivity index (χ1) is 16.6. The molecular formula is C33H25N. The molecule has 0 aliphatic heterocycles. The topological polar surface area (TPSA) is 4.93 Å². The monoisotopic (exact) mass is 435 g/mol. The van der Waals surface area contributed by atoms with Gasteiger partial charge in [0.1, 0.15) is 0 Å². The summed E-state index contributed by atoms with van der Waals surface area (Å²) in [5, 5.41) is 2.71. The second-order valence-electron chi connectivity index (χ2n) is 9.82. The van der Waals surface area contributed by atoms with Crippen LogP contribution < -0.4 is 0 Å². The van der Waals surface area contributed by atoms with Gasteiger partial charge in [-0.2, -0.15) is 0 Å². The normalized spacial score (nSPS) is 13.8. The molecule has 7 rings (SSSR count). The van der Waals surface area contributed by atoms with Gasteiger partial charge in [0.2, 0.25) is 0 Å². The van der Waals surface area contributed by atoms with Crippen LogP contribution in [0.3, 0.4) is 0 Å². The van der Waals surface area contributed by atoms with E-state index in [1.54, 1.807) is 0 Å². The van der Waals surface area contributed by atoms with Gasteiger partial charge in [0, 0.05) is 21.9 Å². The van der Waals surface area contributed by atoms with E-state index in [1.807, 2.05) is 0 Å². The van der Waals surface area contributed by atoms with Crippen LogP contribution in [-0.2, 0) is 5.41 Å². The number of para-hydroxylation sites is 1. The first-order valence-corrected chi connectivity index (χ1v) is 12.0. The average molecular weight is 436 g/mol. The number of rotatable bonds is 2. The SMILES string of the molecule is CC1(C)c2cccc(c2)-c2cccc3c2c2c1c(-c1ccccc1)ccc2n3-c1ccccc1. The van der Waals surface area contributed by atoms with E-state index >= 15 is 0 Å².